The third kappa shape index (κ3) is 1.50. The summed E-state index contributed by atoms with van der Waals surface area (Å²) in [6.07, 6.45) is 3.41. The van der Waals surface area contributed by atoms with Crippen molar-refractivity contribution in [2.24, 2.45) is 0 Å². The van der Waals surface area contributed by atoms with E-state index in [2.05, 4.69) is 16.8 Å². The van der Waals surface area contributed by atoms with Crippen molar-refractivity contribution in [3.05, 3.63) is 23.5 Å². The summed E-state index contributed by atoms with van der Waals surface area (Å²) in [5, 5.41) is 0. The monoisotopic (exact) mass is 146 g/mol. The first-order valence-corrected chi connectivity index (χ1v) is 3.38. The highest BCUT2D eigenvalue weighted by atomic mass is 14.7. The summed E-state index contributed by atoms with van der Waals surface area (Å²) in [5.74, 6) is 5.66. The zero-order chi connectivity index (χ0) is 8.27. The molecule has 0 atom stereocenters. The molecule has 1 aromatic heterocycles. The molecule has 0 unspecified atom stereocenters. The van der Waals surface area contributed by atoms with Gasteiger partial charge in [-0.05, 0) is 19.4 Å². The molecule has 0 spiro atoms. The first-order chi connectivity index (χ1) is 5.25. The van der Waals surface area contributed by atoms with Crippen LogP contribution in [-0.4, -0.2) is 4.98 Å². The second-order valence-corrected chi connectivity index (χ2v) is 2.29. The van der Waals surface area contributed by atoms with E-state index in [1.807, 2.05) is 6.92 Å². The van der Waals surface area contributed by atoms with Crippen molar-refractivity contribution in [2.75, 3.05) is 5.73 Å². The number of nitrogen functional groups attached to an aromatic ring is 1. The number of anilines is 1. The lowest BCUT2D eigenvalue weighted by Crippen LogP contribution is -1.94. The maximum Gasteiger partial charge on any atom is 0.0660 e. The summed E-state index contributed by atoms with van der Waals surface area (Å²) < 4.78 is 0. The largest absolute Gasteiger partial charge is 0.397 e. The molecular weight excluding hydrogens is 136 g/mol. The molecule has 0 aliphatic rings. The van der Waals surface area contributed by atoms with E-state index < -0.39 is 0 Å². The standard InChI is InChI=1S/C9H10N2/c1-3-4-8-6-11-5-7(2)9(8)10/h5-6H,1-2H3,(H2,10,11). The van der Waals surface area contributed by atoms with E-state index in [0.717, 1.165) is 16.8 Å². The predicted molar refractivity (Wildman–Crippen MR) is 45.9 cm³/mol. The van der Waals surface area contributed by atoms with E-state index in [9.17, 15) is 0 Å². The molecule has 2 N–H and O–H groups in total. The van der Waals surface area contributed by atoms with Crippen molar-refractivity contribution >= 4 is 5.69 Å². The molecule has 2 nitrogen and oxygen atoms in total. The van der Waals surface area contributed by atoms with Crippen LogP contribution in [0.25, 0.3) is 0 Å². The summed E-state index contributed by atoms with van der Waals surface area (Å²) in [6, 6.07) is 0. The number of nitrogens with two attached hydrogens (primary N) is 1. The zero-order valence-corrected chi connectivity index (χ0v) is 6.68. The molecule has 2 heteroatoms. The summed E-state index contributed by atoms with van der Waals surface area (Å²) in [6.45, 7) is 3.70. The van der Waals surface area contributed by atoms with Crippen LogP contribution in [0, 0.1) is 18.8 Å². The number of aromatic nitrogens is 1. The summed E-state index contributed by atoms with van der Waals surface area (Å²) in [5.41, 5.74) is 8.25. The molecule has 0 aliphatic carbocycles. The molecule has 0 saturated carbocycles. The highest BCUT2D eigenvalue weighted by Gasteiger charge is 1.97. The van der Waals surface area contributed by atoms with Crippen LogP contribution < -0.4 is 5.73 Å². The van der Waals surface area contributed by atoms with Crippen molar-refractivity contribution in [3.8, 4) is 11.8 Å². The van der Waals surface area contributed by atoms with Crippen LogP contribution in [0.4, 0.5) is 5.69 Å². The molecule has 0 aromatic carbocycles. The van der Waals surface area contributed by atoms with Crippen LogP contribution in [0.5, 0.6) is 0 Å². The molecule has 0 aliphatic heterocycles. The molecule has 1 heterocycles. The second-order valence-electron chi connectivity index (χ2n) is 2.29. The lowest BCUT2D eigenvalue weighted by atomic mass is 10.2. The summed E-state index contributed by atoms with van der Waals surface area (Å²) >= 11 is 0. The molecule has 0 saturated heterocycles. The van der Waals surface area contributed by atoms with E-state index >= 15 is 0 Å². The molecule has 1 aromatic rings. The van der Waals surface area contributed by atoms with E-state index in [1.165, 1.54) is 0 Å². The van der Waals surface area contributed by atoms with Gasteiger partial charge in [-0.15, -0.1) is 5.92 Å². The van der Waals surface area contributed by atoms with Gasteiger partial charge < -0.3 is 5.73 Å². The van der Waals surface area contributed by atoms with Crippen molar-refractivity contribution in [1.29, 1.82) is 0 Å². The Balaban J connectivity index is 3.23. The van der Waals surface area contributed by atoms with E-state index in [4.69, 9.17) is 5.73 Å². The molecule has 56 valence electrons. The van der Waals surface area contributed by atoms with Gasteiger partial charge >= 0.3 is 0 Å². The molecular formula is C9H10N2. The Morgan fingerprint density at radius 2 is 2.18 bits per heavy atom. The molecule has 1 rings (SSSR count). The van der Waals surface area contributed by atoms with E-state index in [0.29, 0.717) is 0 Å². The van der Waals surface area contributed by atoms with Gasteiger partial charge in [0, 0.05) is 12.4 Å². The highest BCUT2D eigenvalue weighted by molar-refractivity contribution is 5.58. The number of pyridine rings is 1. The van der Waals surface area contributed by atoms with Gasteiger partial charge in [0.05, 0.1) is 11.3 Å². The SMILES string of the molecule is CC#Cc1cncc(C)c1N. The van der Waals surface area contributed by atoms with Gasteiger partial charge in [-0.25, -0.2) is 0 Å². The fraction of sp³-hybridized carbons (Fsp3) is 0.222. The number of aryl methyl sites for hydroxylation is 1. The highest BCUT2D eigenvalue weighted by Crippen LogP contribution is 2.12. The van der Waals surface area contributed by atoms with Crippen LogP contribution in [0.1, 0.15) is 18.1 Å². The minimum Gasteiger partial charge on any atom is -0.397 e. The third-order valence-electron chi connectivity index (χ3n) is 1.45. The van der Waals surface area contributed by atoms with Gasteiger partial charge in [-0.1, -0.05) is 5.92 Å². The quantitative estimate of drug-likeness (QED) is 0.561. The van der Waals surface area contributed by atoms with Crippen LogP contribution in [0.2, 0.25) is 0 Å². The minimum atomic E-state index is 0.731. The van der Waals surface area contributed by atoms with Crippen LogP contribution >= 0.6 is 0 Å². The number of hydrogen-bond donors (Lipinski definition) is 1. The Labute approximate surface area is 66.4 Å². The fourth-order valence-corrected chi connectivity index (χ4v) is 0.809. The lowest BCUT2D eigenvalue weighted by molar-refractivity contribution is 1.26. The van der Waals surface area contributed by atoms with Gasteiger partial charge in [0.15, 0.2) is 0 Å². The van der Waals surface area contributed by atoms with Crippen LogP contribution in [0.3, 0.4) is 0 Å². The zero-order valence-electron chi connectivity index (χ0n) is 6.68. The van der Waals surface area contributed by atoms with Gasteiger partial charge in [0.1, 0.15) is 0 Å². The molecule has 0 fully saturated rings. The topological polar surface area (TPSA) is 38.9 Å². The number of rotatable bonds is 0. The lowest BCUT2D eigenvalue weighted by Gasteiger charge is -1.99. The Bertz CT molecular complexity index is 318. The van der Waals surface area contributed by atoms with Gasteiger partial charge in [0.2, 0.25) is 0 Å². The van der Waals surface area contributed by atoms with Crippen LogP contribution in [-0.2, 0) is 0 Å². The van der Waals surface area contributed by atoms with Gasteiger partial charge in [-0.2, -0.15) is 0 Å². The first-order valence-electron chi connectivity index (χ1n) is 3.38. The maximum atomic E-state index is 5.73. The number of hydrogen-bond acceptors (Lipinski definition) is 2. The Kier molecular flexibility index (Phi) is 2.12. The minimum absolute atomic E-state index is 0.731. The predicted octanol–water partition coefficient (Wildman–Crippen LogP) is 1.34. The normalized spacial score (nSPS) is 8.55. The Hall–Kier alpha value is -1.49. The maximum absolute atomic E-state index is 5.73. The Morgan fingerprint density at radius 3 is 2.82 bits per heavy atom. The van der Waals surface area contributed by atoms with E-state index in [1.54, 1.807) is 19.3 Å². The first kappa shape index (κ1) is 7.62. The van der Waals surface area contributed by atoms with Gasteiger partial charge in [0.25, 0.3) is 0 Å². The second kappa shape index (κ2) is 3.07. The fourth-order valence-electron chi connectivity index (χ4n) is 0.809. The molecule has 0 bridgehead atoms. The van der Waals surface area contributed by atoms with Crippen molar-refractivity contribution in [2.45, 2.75) is 13.8 Å². The average molecular weight is 146 g/mol. The average Bonchev–Trinajstić information content (AvgIpc) is 1.99. The molecule has 0 radical (unpaired) electrons. The molecule has 0 amide bonds. The van der Waals surface area contributed by atoms with Crippen molar-refractivity contribution in [3.63, 3.8) is 0 Å². The third-order valence-corrected chi connectivity index (χ3v) is 1.45. The summed E-state index contributed by atoms with van der Waals surface area (Å²) in [7, 11) is 0. The van der Waals surface area contributed by atoms with E-state index in [-0.39, 0.29) is 0 Å². The Morgan fingerprint density at radius 1 is 1.45 bits per heavy atom. The van der Waals surface area contributed by atoms with Crippen molar-refractivity contribution < 1.29 is 0 Å². The van der Waals surface area contributed by atoms with Crippen molar-refractivity contribution in [1.82, 2.24) is 4.98 Å². The number of nitrogens with zero attached hydrogens (tertiary/aromatic N) is 1. The molecule has 11 heavy (non-hydrogen) atoms. The summed E-state index contributed by atoms with van der Waals surface area (Å²) in [4.78, 5) is 3.98. The van der Waals surface area contributed by atoms with Crippen LogP contribution in [0.15, 0.2) is 12.4 Å². The smallest absolute Gasteiger partial charge is 0.0660 e. The van der Waals surface area contributed by atoms with Gasteiger partial charge in [-0.3, -0.25) is 4.98 Å².